The second-order valence-electron chi connectivity index (χ2n) is 9.31. The minimum Gasteiger partial charge on any atom is -0.444 e. The number of nitrogens with zero attached hydrogens (tertiary/aromatic N) is 5. The Morgan fingerprint density at radius 2 is 2.11 bits per heavy atom. The summed E-state index contributed by atoms with van der Waals surface area (Å²) < 4.78 is 7.22. The number of hydrogen-bond donors (Lipinski definition) is 3. The van der Waals surface area contributed by atoms with Crippen LogP contribution < -0.4 is 10.6 Å². The average molecular weight is 495 g/mol. The number of carbonyl (C=O) groups is 2. The molecule has 1 atom stereocenters. The Hall–Kier alpha value is -3.80. The Kier molecular flexibility index (Phi) is 5.75. The van der Waals surface area contributed by atoms with Gasteiger partial charge in [-0.25, -0.2) is 4.79 Å². The molecule has 5 rings (SSSR count). The molecular formula is C23H26N8O3S. The number of carbonyl (C=O) groups excluding carboxylic acids is 2. The number of H-pyrrole nitrogens is 1. The SMILES string of the molecule is CC(C)(C)OC(=O)N1CC(n2cc(NC(=O)C3(c4cn[nH]c4)NC=CS3)c(-c3ccccn3)n2)C1. The molecule has 182 valence electrons. The zero-order valence-electron chi connectivity index (χ0n) is 19.6. The van der Waals surface area contributed by atoms with Gasteiger partial charge in [0.15, 0.2) is 4.87 Å². The molecule has 5 heterocycles. The number of aromatic nitrogens is 5. The molecular weight excluding hydrogens is 468 g/mol. The van der Waals surface area contributed by atoms with Crippen LogP contribution in [-0.2, 0) is 14.4 Å². The first-order valence-electron chi connectivity index (χ1n) is 11.1. The molecule has 11 nitrogen and oxygen atoms in total. The van der Waals surface area contributed by atoms with Gasteiger partial charge in [-0.15, -0.1) is 0 Å². The number of aromatic amines is 1. The third-order valence-electron chi connectivity index (χ3n) is 5.60. The maximum absolute atomic E-state index is 13.6. The summed E-state index contributed by atoms with van der Waals surface area (Å²) in [5, 5.41) is 19.5. The van der Waals surface area contributed by atoms with Gasteiger partial charge in [0.2, 0.25) is 0 Å². The first-order chi connectivity index (χ1) is 16.7. The van der Waals surface area contributed by atoms with Gasteiger partial charge < -0.3 is 20.3 Å². The lowest BCUT2D eigenvalue weighted by Crippen LogP contribution is -2.52. The van der Waals surface area contributed by atoms with E-state index in [0.717, 1.165) is 0 Å². The Morgan fingerprint density at radius 3 is 2.74 bits per heavy atom. The second-order valence-corrected chi connectivity index (χ2v) is 10.4. The van der Waals surface area contributed by atoms with E-state index in [-0.39, 0.29) is 18.0 Å². The van der Waals surface area contributed by atoms with Gasteiger partial charge in [0, 0.05) is 43.4 Å². The largest absolute Gasteiger partial charge is 0.444 e. The van der Waals surface area contributed by atoms with E-state index in [4.69, 9.17) is 9.84 Å². The Balaban J connectivity index is 1.39. The number of amides is 2. The van der Waals surface area contributed by atoms with Crippen LogP contribution in [0.1, 0.15) is 32.4 Å². The molecule has 35 heavy (non-hydrogen) atoms. The first-order valence-corrected chi connectivity index (χ1v) is 12.0. The summed E-state index contributed by atoms with van der Waals surface area (Å²) in [5.41, 5.74) is 1.86. The molecule has 1 saturated heterocycles. The molecule has 1 unspecified atom stereocenters. The molecule has 2 aliphatic heterocycles. The van der Waals surface area contributed by atoms with Crippen molar-refractivity contribution >= 4 is 29.4 Å². The number of hydrogen-bond acceptors (Lipinski definition) is 8. The third-order valence-corrected chi connectivity index (χ3v) is 6.76. The summed E-state index contributed by atoms with van der Waals surface area (Å²) >= 11 is 1.35. The first kappa shape index (κ1) is 23.0. The number of thioether (sulfide) groups is 1. The van der Waals surface area contributed by atoms with Gasteiger partial charge in [0.1, 0.15) is 11.3 Å². The highest BCUT2D eigenvalue weighted by molar-refractivity contribution is 8.04. The van der Waals surface area contributed by atoms with Crippen LogP contribution in [0.2, 0.25) is 0 Å². The second kappa shape index (κ2) is 8.77. The van der Waals surface area contributed by atoms with E-state index in [1.807, 2.05) is 44.4 Å². The molecule has 2 aliphatic rings. The maximum Gasteiger partial charge on any atom is 0.410 e. The van der Waals surface area contributed by atoms with Crippen molar-refractivity contribution in [2.45, 2.75) is 37.3 Å². The highest BCUT2D eigenvalue weighted by Crippen LogP contribution is 2.40. The zero-order valence-corrected chi connectivity index (χ0v) is 20.4. The smallest absolute Gasteiger partial charge is 0.410 e. The number of ether oxygens (including phenoxy) is 1. The monoisotopic (exact) mass is 494 g/mol. The molecule has 3 aromatic rings. The standard InChI is InChI=1S/C23H26N8O3S/c1-22(2,3)34-21(33)30-12-16(13-30)31-14-18(19(29-31)17-6-4-5-7-24-17)28-20(32)23(25-8-9-35-23)15-10-26-27-11-15/h4-11,14,16,25H,12-13H2,1-3H3,(H,26,27)(H,28,32). The topological polar surface area (TPSA) is 130 Å². The van der Waals surface area contributed by atoms with Crippen molar-refractivity contribution in [2.24, 2.45) is 0 Å². The number of nitrogens with one attached hydrogen (secondary N) is 3. The third kappa shape index (κ3) is 4.48. The van der Waals surface area contributed by atoms with Crippen molar-refractivity contribution in [1.82, 2.24) is 35.2 Å². The van der Waals surface area contributed by atoms with Crippen molar-refractivity contribution < 1.29 is 14.3 Å². The molecule has 1 fully saturated rings. The van der Waals surface area contributed by atoms with E-state index < -0.39 is 10.5 Å². The molecule has 0 aromatic carbocycles. The van der Waals surface area contributed by atoms with E-state index >= 15 is 0 Å². The molecule has 0 radical (unpaired) electrons. The molecule has 0 spiro atoms. The minimum atomic E-state index is -1.06. The fraction of sp³-hybridized carbons (Fsp3) is 0.348. The Labute approximate surface area is 206 Å². The van der Waals surface area contributed by atoms with Crippen LogP contribution in [-0.4, -0.2) is 60.6 Å². The summed E-state index contributed by atoms with van der Waals surface area (Å²) in [4.78, 5) is 30.9. The molecule has 0 saturated carbocycles. The molecule has 0 aliphatic carbocycles. The van der Waals surface area contributed by atoms with Crippen molar-refractivity contribution in [3.63, 3.8) is 0 Å². The summed E-state index contributed by atoms with van der Waals surface area (Å²) in [6, 6.07) is 5.49. The van der Waals surface area contributed by atoms with E-state index in [1.165, 1.54) is 11.8 Å². The highest BCUT2D eigenvalue weighted by Gasteiger charge is 2.44. The maximum atomic E-state index is 13.6. The predicted molar refractivity (Wildman–Crippen MR) is 131 cm³/mol. The van der Waals surface area contributed by atoms with Gasteiger partial charge in [-0.05, 0) is 38.3 Å². The van der Waals surface area contributed by atoms with Crippen LogP contribution in [0.3, 0.4) is 0 Å². The van der Waals surface area contributed by atoms with E-state index in [9.17, 15) is 9.59 Å². The minimum absolute atomic E-state index is 0.0425. The van der Waals surface area contributed by atoms with Crippen LogP contribution in [0.5, 0.6) is 0 Å². The molecule has 3 N–H and O–H groups in total. The summed E-state index contributed by atoms with van der Waals surface area (Å²) in [6.07, 6.45) is 8.16. The van der Waals surface area contributed by atoms with Gasteiger partial charge in [0.05, 0.1) is 23.6 Å². The predicted octanol–water partition coefficient (Wildman–Crippen LogP) is 3.06. The average Bonchev–Trinajstić information content (AvgIpc) is 3.53. The fourth-order valence-corrected chi connectivity index (χ4v) is 4.72. The van der Waals surface area contributed by atoms with Crippen molar-refractivity contribution in [3.05, 3.63) is 60.2 Å². The highest BCUT2D eigenvalue weighted by atomic mass is 32.2. The molecule has 3 aromatic heterocycles. The van der Waals surface area contributed by atoms with Crippen LogP contribution in [0, 0.1) is 0 Å². The van der Waals surface area contributed by atoms with Gasteiger partial charge in [0.25, 0.3) is 5.91 Å². The van der Waals surface area contributed by atoms with Crippen molar-refractivity contribution in [3.8, 4) is 11.4 Å². The van der Waals surface area contributed by atoms with Crippen molar-refractivity contribution in [2.75, 3.05) is 18.4 Å². The van der Waals surface area contributed by atoms with Crippen molar-refractivity contribution in [1.29, 1.82) is 0 Å². The zero-order chi connectivity index (χ0) is 24.6. The van der Waals surface area contributed by atoms with Gasteiger partial charge in [-0.3, -0.25) is 19.6 Å². The summed E-state index contributed by atoms with van der Waals surface area (Å²) in [6.45, 7) is 6.45. The van der Waals surface area contributed by atoms with Gasteiger partial charge in [-0.1, -0.05) is 17.8 Å². The van der Waals surface area contributed by atoms with Crippen LogP contribution in [0.15, 0.2) is 54.6 Å². The van der Waals surface area contributed by atoms with E-state index in [2.05, 4.69) is 25.8 Å². The van der Waals surface area contributed by atoms with Gasteiger partial charge in [-0.2, -0.15) is 10.2 Å². The molecule has 12 heteroatoms. The molecule has 0 bridgehead atoms. The normalized spacial score (nSPS) is 19.8. The van der Waals surface area contributed by atoms with E-state index in [0.29, 0.717) is 35.7 Å². The lowest BCUT2D eigenvalue weighted by molar-refractivity contribution is -0.119. The fourth-order valence-electron chi connectivity index (χ4n) is 3.84. The van der Waals surface area contributed by atoms with Crippen LogP contribution >= 0.6 is 11.8 Å². The number of pyridine rings is 1. The van der Waals surface area contributed by atoms with Crippen LogP contribution in [0.25, 0.3) is 11.4 Å². The van der Waals surface area contributed by atoms with E-state index in [1.54, 1.807) is 40.6 Å². The number of likely N-dealkylation sites (tertiary alicyclic amines) is 1. The molecule has 2 amide bonds. The van der Waals surface area contributed by atoms with Crippen LogP contribution in [0.4, 0.5) is 10.5 Å². The lowest BCUT2D eigenvalue weighted by Gasteiger charge is -2.39. The summed E-state index contributed by atoms with van der Waals surface area (Å²) in [5.74, 6) is -0.269. The van der Waals surface area contributed by atoms with Gasteiger partial charge >= 0.3 is 6.09 Å². The Morgan fingerprint density at radius 1 is 1.29 bits per heavy atom. The number of anilines is 1. The quantitative estimate of drug-likeness (QED) is 0.493. The lowest BCUT2D eigenvalue weighted by atomic mass is 10.1. The summed E-state index contributed by atoms with van der Waals surface area (Å²) in [7, 11) is 0. The number of rotatable bonds is 5. The Bertz CT molecular complexity index is 1240.